The van der Waals surface area contributed by atoms with Crippen LogP contribution in [0.4, 0.5) is 0 Å². The molecule has 2 rings (SSSR count). The summed E-state index contributed by atoms with van der Waals surface area (Å²) in [6, 6.07) is -0.260. The standard InChI is InChI=1S/C11H16N2O2/c1-8(11(14)15-2)13-7-12-9-5-3-4-6-10(9)13/h7-8H,3-6H2,1-2H3/t8-/m0/s1. The highest BCUT2D eigenvalue weighted by atomic mass is 16.5. The molecular formula is C11H16N2O2. The fourth-order valence-corrected chi connectivity index (χ4v) is 2.11. The van der Waals surface area contributed by atoms with Gasteiger partial charge in [-0.2, -0.15) is 0 Å². The molecule has 0 spiro atoms. The lowest BCUT2D eigenvalue weighted by Gasteiger charge is -2.17. The Balaban J connectivity index is 2.28. The molecule has 0 amide bonds. The number of carbonyl (C=O) groups excluding carboxylic acids is 1. The maximum Gasteiger partial charge on any atom is 0.328 e. The Hall–Kier alpha value is -1.32. The van der Waals surface area contributed by atoms with Crippen LogP contribution >= 0.6 is 0 Å². The Kier molecular flexibility index (Phi) is 2.75. The molecule has 4 nitrogen and oxygen atoms in total. The van der Waals surface area contributed by atoms with Crippen molar-refractivity contribution in [3.63, 3.8) is 0 Å². The number of aromatic nitrogens is 2. The van der Waals surface area contributed by atoms with Gasteiger partial charge in [0.25, 0.3) is 0 Å². The third kappa shape index (κ3) is 1.76. The SMILES string of the molecule is COC(=O)[C@H](C)n1cnc2c1CCCC2. The normalized spacial score (nSPS) is 16.9. The number of imidazole rings is 1. The van der Waals surface area contributed by atoms with E-state index in [0.29, 0.717) is 0 Å². The van der Waals surface area contributed by atoms with Gasteiger partial charge in [-0.05, 0) is 32.6 Å². The minimum atomic E-state index is -0.260. The van der Waals surface area contributed by atoms with E-state index in [2.05, 4.69) is 4.98 Å². The summed E-state index contributed by atoms with van der Waals surface area (Å²) in [5, 5.41) is 0. The van der Waals surface area contributed by atoms with E-state index in [1.165, 1.54) is 25.6 Å². The summed E-state index contributed by atoms with van der Waals surface area (Å²) in [6.07, 6.45) is 6.22. The van der Waals surface area contributed by atoms with Gasteiger partial charge in [-0.3, -0.25) is 0 Å². The van der Waals surface area contributed by atoms with E-state index in [9.17, 15) is 4.79 Å². The van der Waals surface area contributed by atoms with E-state index in [4.69, 9.17) is 4.74 Å². The molecular weight excluding hydrogens is 192 g/mol. The predicted octanol–water partition coefficient (Wildman–Crippen LogP) is 1.50. The number of nitrogens with zero attached hydrogens (tertiary/aromatic N) is 2. The highest BCUT2D eigenvalue weighted by Gasteiger charge is 2.22. The average molecular weight is 208 g/mol. The second kappa shape index (κ2) is 4.04. The van der Waals surface area contributed by atoms with Crippen molar-refractivity contribution in [1.29, 1.82) is 0 Å². The van der Waals surface area contributed by atoms with E-state index in [0.717, 1.165) is 18.5 Å². The number of methoxy groups -OCH3 is 1. The smallest absolute Gasteiger partial charge is 0.328 e. The molecule has 0 radical (unpaired) electrons. The van der Waals surface area contributed by atoms with Crippen LogP contribution < -0.4 is 0 Å². The van der Waals surface area contributed by atoms with Crippen LogP contribution in [0.1, 0.15) is 37.2 Å². The molecule has 1 aromatic heterocycles. The van der Waals surface area contributed by atoms with Crippen LogP contribution in [-0.4, -0.2) is 22.6 Å². The van der Waals surface area contributed by atoms with E-state index >= 15 is 0 Å². The zero-order chi connectivity index (χ0) is 10.8. The number of hydrogen-bond donors (Lipinski definition) is 0. The van der Waals surface area contributed by atoms with Gasteiger partial charge in [0, 0.05) is 5.69 Å². The number of carbonyl (C=O) groups is 1. The first-order valence-electron chi connectivity index (χ1n) is 5.36. The zero-order valence-corrected chi connectivity index (χ0v) is 9.19. The number of fused-ring (bicyclic) bond motifs is 1. The molecule has 0 saturated carbocycles. The van der Waals surface area contributed by atoms with E-state index in [-0.39, 0.29) is 12.0 Å². The molecule has 0 bridgehead atoms. The zero-order valence-electron chi connectivity index (χ0n) is 9.19. The van der Waals surface area contributed by atoms with Gasteiger partial charge in [0.1, 0.15) is 6.04 Å². The number of ether oxygens (including phenoxy) is 1. The van der Waals surface area contributed by atoms with Crippen LogP contribution in [-0.2, 0) is 22.4 Å². The fraction of sp³-hybridized carbons (Fsp3) is 0.636. The maximum atomic E-state index is 11.4. The molecule has 0 N–H and O–H groups in total. The van der Waals surface area contributed by atoms with E-state index in [1.807, 2.05) is 11.5 Å². The quantitative estimate of drug-likeness (QED) is 0.692. The molecule has 4 heteroatoms. The minimum Gasteiger partial charge on any atom is -0.467 e. The molecule has 0 aromatic carbocycles. The summed E-state index contributed by atoms with van der Waals surface area (Å²) in [6.45, 7) is 1.85. The molecule has 1 aromatic rings. The summed E-state index contributed by atoms with van der Waals surface area (Å²) >= 11 is 0. The molecule has 0 unspecified atom stereocenters. The molecule has 1 heterocycles. The van der Waals surface area contributed by atoms with Crippen LogP contribution in [0.5, 0.6) is 0 Å². The summed E-state index contributed by atoms with van der Waals surface area (Å²) < 4.78 is 6.68. The van der Waals surface area contributed by atoms with E-state index < -0.39 is 0 Å². The van der Waals surface area contributed by atoms with Crippen molar-refractivity contribution in [2.75, 3.05) is 7.11 Å². The summed E-state index contributed by atoms with van der Waals surface area (Å²) in [5.41, 5.74) is 2.36. The first-order chi connectivity index (χ1) is 7.24. The largest absolute Gasteiger partial charge is 0.467 e. The van der Waals surface area contributed by atoms with E-state index in [1.54, 1.807) is 6.33 Å². The maximum absolute atomic E-state index is 11.4. The van der Waals surface area contributed by atoms with Crippen molar-refractivity contribution in [2.24, 2.45) is 0 Å². The Morgan fingerprint density at radius 1 is 1.53 bits per heavy atom. The lowest BCUT2D eigenvalue weighted by Crippen LogP contribution is -2.20. The van der Waals surface area contributed by atoms with Crippen molar-refractivity contribution in [3.05, 3.63) is 17.7 Å². The molecule has 15 heavy (non-hydrogen) atoms. The lowest BCUT2D eigenvalue weighted by molar-refractivity contribution is -0.144. The van der Waals surface area contributed by atoms with Gasteiger partial charge in [0.2, 0.25) is 0 Å². The Labute approximate surface area is 89.3 Å². The van der Waals surface area contributed by atoms with Crippen LogP contribution in [0, 0.1) is 0 Å². The van der Waals surface area contributed by atoms with Gasteiger partial charge in [-0.15, -0.1) is 0 Å². The molecule has 1 atom stereocenters. The third-order valence-corrected chi connectivity index (χ3v) is 3.02. The first-order valence-corrected chi connectivity index (χ1v) is 5.36. The lowest BCUT2D eigenvalue weighted by atomic mass is 10.0. The van der Waals surface area contributed by atoms with Gasteiger partial charge in [-0.1, -0.05) is 0 Å². The first kappa shape index (κ1) is 10.2. The van der Waals surface area contributed by atoms with Gasteiger partial charge >= 0.3 is 5.97 Å². The molecule has 0 fully saturated rings. The predicted molar refractivity (Wildman–Crippen MR) is 55.6 cm³/mol. The van der Waals surface area contributed by atoms with Gasteiger partial charge in [-0.25, -0.2) is 9.78 Å². The molecule has 0 saturated heterocycles. The van der Waals surface area contributed by atoms with Crippen molar-refractivity contribution in [2.45, 2.75) is 38.6 Å². The van der Waals surface area contributed by atoms with Crippen LogP contribution in [0.3, 0.4) is 0 Å². The highest BCUT2D eigenvalue weighted by Crippen LogP contribution is 2.23. The molecule has 1 aliphatic rings. The Bertz CT molecular complexity index is 371. The second-order valence-corrected chi connectivity index (χ2v) is 3.95. The molecule has 0 aliphatic heterocycles. The Morgan fingerprint density at radius 2 is 2.27 bits per heavy atom. The number of rotatable bonds is 2. The van der Waals surface area contributed by atoms with Gasteiger partial charge < -0.3 is 9.30 Å². The summed E-state index contributed by atoms with van der Waals surface area (Å²) in [4.78, 5) is 15.8. The molecule has 1 aliphatic carbocycles. The Morgan fingerprint density at radius 3 is 3.00 bits per heavy atom. The fourth-order valence-electron chi connectivity index (χ4n) is 2.11. The number of aryl methyl sites for hydroxylation is 1. The second-order valence-electron chi connectivity index (χ2n) is 3.95. The monoisotopic (exact) mass is 208 g/mol. The van der Waals surface area contributed by atoms with Crippen molar-refractivity contribution in [3.8, 4) is 0 Å². The van der Waals surface area contributed by atoms with Gasteiger partial charge in [0.15, 0.2) is 0 Å². The number of esters is 1. The summed E-state index contributed by atoms with van der Waals surface area (Å²) in [5.74, 6) is -0.208. The third-order valence-electron chi connectivity index (χ3n) is 3.02. The van der Waals surface area contributed by atoms with Crippen molar-refractivity contribution < 1.29 is 9.53 Å². The van der Waals surface area contributed by atoms with Crippen LogP contribution in [0.2, 0.25) is 0 Å². The average Bonchev–Trinajstić information content (AvgIpc) is 2.70. The molecule has 82 valence electrons. The van der Waals surface area contributed by atoms with Crippen molar-refractivity contribution in [1.82, 2.24) is 9.55 Å². The highest BCUT2D eigenvalue weighted by molar-refractivity contribution is 5.73. The van der Waals surface area contributed by atoms with Crippen molar-refractivity contribution >= 4 is 5.97 Å². The van der Waals surface area contributed by atoms with Crippen LogP contribution in [0.15, 0.2) is 6.33 Å². The minimum absolute atomic E-state index is 0.208. The number of hydrogen-bond acceptors (Lipinski definition) is 3. The topological polar surface area (TPSA) is 44.1 Å². The summed E-state index contributed by atoms with van der Waals surface area (Å²) in [7, 11) is 1.42. The van der Waals surface area contributed by atoms with Gasteiger partial charge in [0.05, 0.1) is 19.1 Å². The van der Waals surface area contributed by atoms with Crippen LogP contribution in [0.25, 0.3) is 0 Å².